The van der Waals surface area contributed by atoms with Crippen LogP contribution >= 0.6 is 0 Å². The zero-order valence-electron chi connectivity index (χ0n) is 16.4. The molecule has 3 aromatic carbocycles. The molecule has 4 nitrogen and oxygen atoms in total. The number of carbonyl (C=O) groups is 2. The van der Waals surface area contributed by atoms with Gasteiger partial charge in [-0.1, -0.05) is 43.2 Å². The quantitative estimate of drug-likeness (QED) is 0.549. The molecule has 0 spiro atoms. The Morgan fingerprint density at radius 2 is 1.52 bits per heavy atom. The van der Waals surface area contributed by atoms with Crippen molar-refractivity contribution in [3.05, 3.63) is 71.8 Å². The van der Waals surface area contributed by atoms with Gasteiger partial charge in [-0.15, -0.1) is 0 Å². The van der Waals surface area contributed by atoms with Crippen LogP contribution in [0, 0.1) is 5.92 Å². The van der Waals surface area contributed by atoms with Gasteiger partial charge in [0.1, 0.15) is 5.75 Å². The van der Waals surface area contributed by atoms with E-state index in [0.717, 1.165) is 10.8 Å². The largest absolute Gasteiger partial charge is 0.490 e. The van der Waals surface area contributed by atoms with Crippen molar-refractivity contribution in [2.24, 2.45) is 5.92 Å². The van der Waals surface area contributed by atoms with Gasteiger partial charge < -0.3 is 4.74 Å². The first-order chi connectivity index (χ1) is 14.1. The predicted octanol–water partition coefficient (Wildman–Crippen LogP) is 5.60. The molecule has 1 heterocycles. The molecule has 1 aliphatic heterocycles. The van der Waals surface area contributed by atoms with Gasteiger partial charge >= 0.3 is 0 Å². The van der Waals surface area contributed by atoms with E-state index in [2.05, 4.69) is 6.92 Å². The summed E-state index contributed by atoms with van der Waals surface area (Å²) in [5, 5.41) is 1.65. The van der Waals surface area contributed by atoms with Crippen LogP contribution in [-0.4, -0.2) is 17.9 Å². The minimum atomic E-state index is -0.291. The van der Waals surface area contributed by atoms with Crippen LogP contribution in [0.4, 0.5) is 5.69 Å². The molecule has 0 bridgehead atoms. The van der Waals surface area contributed by atoms with Crippen molar-refractivity contribution >= 4 is 28.3 Å². The normalized spacial score (nSPS) is 17.8. The van der Waals surface area contributed by atoms with Gasteiger partial charge in [0.15, 0.2) is 0 Å². The molecular formula is C25H23NO3. The van der Waals surface area contributed by atoms with Crippen molar-refractivity contribution in [2.75, 3.05) is 4.90 Å². The van der Waals surface area contributed by atoms with Crippen LogP contribution in [0.5, 0.6) is 5.75 Å². The number of nitrogens with zero attached hydrogens (tertiary/aromatic N) is 1. The highest BCUT2D eigenvalue weighted by Gasteiger charge is 2.34. The summed E-state index contributed by atoms with van der Waals surface area (Å²) >= 11 is 0. The Morgan fingerprint density at radius 3 is 2.17 bits per heavy atom. The fourth-order valence-corrected chi connectivity index (χ4v) is 4.70. The maximum absolute atomic E-state index is 13.2. The predicted molar refractivity (Wildman–Crippen MR) is 114 cm³/mol. The average Bonchev–Trinajstić information content (AvgIpc) is 3.27. The Hall–Kier alpha value is -3.14. The zero-order chi connectivity index (χ0) is 20.0. The lowest BCUT2D eigenvalue weighted by atomic mass is 9.94. The molecule has 0 radical (unpaired) electrons. The Morgan fingerprint density at radius 1 is 0.897 bits per heavy atom. The second kappa shape index (κ2) is 7.03. The Bertz CT molecular complexity index is 1060. The van der Waals surface area contributed by atoms with Crippen LogP contribution in [0.1, 0.15) is 53.3 Å². The first-order valence-electron chi connectivity index (χ1n) is 10.3. The average molecular weight is 385 g/mol. The molecule has 1 saturated carbocycles. The highest BCUT2D eigenvalue weighted by atomic mass is 16.5. The van der Waals surface area contributed by atoms with Gasteiger partial charge in [0.25, 0.3) is 11.8 Å². The molecule has 2 amide bonds. The summed E-state index contributed by atoms with van der Waals surface area (Å²) in [6.45, 7) is 2.11. The first kappa shape index (κ1) is 17.9. The summed E-state index contributed by atoms with van der Waals surface area (Å²) in [6.07, 6.45) is 5.05. The van der Waals surface area contributed by atoms with Crippen molar-refractivity contribution in [2.45, 2.75) is 38.7 Å². The maximum atomic E-state index is 13.2. The fourth-order valence-electron chi connectivity index (χ4n) is 4.70. The molecule has 0 saturated heterocycles. The molecule has 1 fully saturated rings. The third-order valence-electron chi connectivity index (χ3n) is 6.23. The lowest BCUT2D eigenvalue weighted by molar-refractivity contribution is 0.0893. The number of ether oxygens (including phenoxy) is 1. The first-order valence-corrected chi connectivity index (χ1v) is 10.3. The molecule has 5 rings (SSSR count). The molecule has 0 N–H and O–H groups in total. The van der Waals surface area contributed by atoms with Crippen molar-refractivity contribution in [1.29, 1.82) is 0 Å². The van der Waals surface area contributed by atoms with Crippen molar-refractivity contribution < 1.29 is 14.3 Å². The van der Waals surface area contributed by atoms with E-state index in [1.54, 1.807) is 24.3 Å². The standard InChI is InChI=1S/C25H23NO3/c1-16(17-7-2-3-8-17)29-20-12-6-11-19(15-20)26-24(27)21-13-4-9-18-10-5-14-22(23(18)21)25(26)28/h4-6,9-17H,2-3,7-8H2,1H3. The fraction of sp³-hybridized carbons (Fsp3) is 0.280. The van der Waals surface area contributed by atoms with E-state index < -0.39 is 0 Å². The van der Waals surface area contributed by atoms with Crippen LogP contribution in [-0.2, 0) is 0 Å². The lowest BCUT2D eigenvalue weighted by Crippen LogP contribution is -2.40. The summed E-state index contributed by atoms with van der Waals surface area (Å²) < 4.78 is 6.18. The summed E-state index contributed by atoms with van der Waals surface area (Å²) in [4.78, 5) is 27.7. The molecule has 29 heavy (non-hydrogen) atoms. The van der Waals surface area contributed by atoms with Gasteiger partial charge in [0.2, 0.25) is 0 Å². The third kappa shape index (κ3) is 3.00. The monoisotopic (exact) mass is 385 g/mol. The minimum absolute atomic E-state index is 0.120. The van der Waals surface area contributed by atoms with Crippen LogP contribution in [0.3, 0.4) is 0 Å². The molecule has 1 aliphatic carbocycles. The van der Waals surface area contributed by atoms with Gasteiger partial charge in [-0.05, 0) is 55.3 Å². The topological polar surface area (TPSA) is 46.6 Å². The van der Waals surface area contributed by atoms with Gasteiger partial charge in [0, 0.05) is 22.6 Å². The molecule has 3 aromatic rings. The number of hydrogen-bond donors (Lipinski definition) is 0. The number of anilines is 1. The highest BCUT2D eigenvalue weighted by molar-refractivity contribution is 6.35. The Labute approximate surface area is 170 Å². The van der Waals surface area contributed by atoms with Crippen LogP contribution < -0.4 is 9.64 Å². The van der Waals surface area contributed by atoms with Crippen molar-refractivity contribution in [3.8, 4) is 5.75 Å². The molecule has 2 aliphatic rings. The van der Waals surface area contributed by atoms with E-state index >= 15 is 0 Å². The lowest BCUT2D eigenvalue weighted by Gasteiger charge is -2.28. The summed E-state index contributed by atoms with van der Waals surface area (Å²) in [6, 6.07) is 18.5. The van der Waals surface area contributed by atoms with Gasteiger partial charge in [-0.3, -0.25) is 9.59 Å². The smallest absolute Gasteiger partial charge is 0.265 e. The number of rotatable bonds is 4. The third-order valence-corrected chi connectivity index (χ3v) is 6.23. The van der Waals surface area contributed by atoms with Crippen LogP contribution in [0.25, 0.3) is 10.8 Å². The Kier molecular flexibility index (Phi) is 4.35. The number of carbonyl (C=O) groups excluding carboxylic acids is 2. The second-order valence-electron chi connectivity index (χ2n) is 8.02. The minimum Gasteiger partial charge on any atom is -0.490 e. The van der Waals surface area contributed by atoms with Gasteiger partial charge in [-0.2, -0.15) is 0 Å². The number of hydrogen-bond acceptors (Lipinski definition) is 3. The molecule has 1 atom stereocenters. The second-order valence-corrected chi connectivity index (χ2v) is 8.02. The molecule has 4 heteroatoms. The van der Waals surface area contributed by atoms with Crippen LogP contribution in [0.2, 0.25) is 0 Å². The van der Waals surface area contributed by atoms with Gasteiger partial charge in [0.05, 0.1) is 11.8 Å². The molecule has 1 unspecified atom stereocenters. The number of imide groups is 1. The summed E-state index contributed by atoms with van der Waals surface area (Å²) in [7, 11) is 0. The summed E-state index contributed by atoms with van der Waals surface area (Å²) in [5.41, 5.74) is 1.66. The van der Waals surface area contributed by atoms with Crippen LogP contribution in [0.15, 0.2) is 60.7 Å². The maximum Gasteiger partial charge on any atom is 0.265 e. The summed E-state index contributed by atoms with van der Waals surface area (Å²) in [5.74, 6) is 0.682. The SMILES string of the molecule is CC(Oc1cccc(N2C(=O)c3cccc4cccc(c34)C2=O)c1)C1CCCC1. The zero-order valence-corrected chi connectivity index (χ0v) is 16.4. The molecular weight excluding hydrogens is 362 g/mol. The van der Waals surface area contributed by atoms with E-state index in [-0.39, 0.29) is 17.9 Å². The molecule has 146 valence electrons. The number of benzene rings is 3. The van der Waals surface area contributed by atoms with Crippen molar-refractivity contribution in [1.82, 2.24) is 0 Å². The van der Waals surface area contributed by atoms with E-state index in [0.29, 0.717) is 28.5 Å². The number of amides is 2. The van der Waals surface area contributed by atoms with Gasteiger partial charge in [-0.25, -0.2) is 4.90 Å². The highest BCUT2D eigenvalue weighted by Crippen LogP contribution is 2.35. The Balaban J connectivity index is 1.50. The van der Waals surface area contributed by atoms with E-state index in [9.17, 15) is 9.59 Å². The van der Waals surface area contributed by atoms with E-state index in [1.165, 1.54) is 30.6 Å². The molecule has 0 aromatic heterocycles. The van der Waals surface area contributed by atoms with E-state index in [1.807, 2.05) is 36.4 Å². The van der Waals surface area contributed by atoms with E-state index in [4.69, 9.17) is 4.74 Å². The van der Waals surface area contributed by atoms with Crippen molar-refractivity contribution in [3.63, 3.8) is 0 Å².